The minimum atomic E-state index is -1.11. The number of halogens is 2. The Bertz CT molecular complexity index is 879. The van der Waals surface area contributed by atoms with Crippen LogP contribution in [0.15, 0.2) is 45.5 Å². The Kier molecular flexibility index (Phi) is 6.53. The maximum Gasteiger partial charge on any atom is 0.331 e. The van der Waals surface area contributed by atoms with Crippen molar-refractivity contribution in [1.82, 2.24) is 0 Å². The summed E-state index contributed by atoms with van der Waals surface area (Å²) in [7, 11) is 0. The van der Waals surface area contributed by atoms with Crippen LogP contribution >= 0.6 is 27.5 Å². The molecule has 0 aliphatic heterocycles. The number of carbonyl (C=O) groups is 2. The highest BCUT2D eigenvalue weighted by Gasteiger charge is 2.19. The minimum absolute atomic E-state index is 0.00521. The number of esters is 1. The van der Waals surface area contributed by atoms with E-state index in [0.29, 0.717) is 10.4 Å². The first-order valence-electron chi connectivity index (χ1n) is 7.15. The van der Waals surface area contributed by atoms with E-state index in [4.69, 9.17) is 20.8 Å². The largest absolute Gasteiger partial charge is 0.450 e. The van der Waals surface area contributed by atoms with Gasteiger partial charge in [-0.25, -0.2) is 4.79 Å². The molecule has 1 atom stereocenters. The molecule has 136 valence electrons. The molecule has 1 heterocycles. The first-order valence-corrected chi connectivity index (χ1v) is 8.32. The summed E-state index contributed by atoms with van der Waals surface area (Å²) in [6.07, 6.45) is 1.40. The van der Waals surface area contributed by atoms with Gasteiger partial charge in [0.2, 0.25) is 0 Å². The molecular weight excluding hydrogens is 432 g/mol. The van der Waals surface area contributed by atoms with Crippen molar-refractivity contribution in [3.63, 3.8) is 0 Å². The molecule has 0 fully saturated rings. The van der Waals surface area contributed by atoms with Crippen molar-refractivity contribution in [1.29, 1.82) is 0 Å². The summed E-state index contributed by atoms with van der Waals surface area (Å²) in [5, 5.41) is 13.1. The van der Waals surface area contributed by atoms with Crippen molar-refractivity contribution in [2.45, 2.75) is 13.0 Å². The number of ether oxygens (including phenoxy) is 1. The quantitative estimate of drug-likeness (QED) is 0.310. The van der Waals surface area contributed by atoms with Gasteiger partial charge in [-0.3, -0.25) is 14.9 Å². The molecule has 0 aliphatic carbocycles. The molecule has 0 bridgehead atoms. The third-order valence-electron chi connectivity index (χ3n) is 3.06. The molecule has 1 aromatic carbocycles. The Morgan fingerprint density at radius 1 is 1.38 bits per heavy atom. The van der Waals surface area contributed by atoms with E-state index in [0.717, 1.165) is 12.1 Å². The zero-order chi connectivity index (χ0) is 19.3. The number of non-ortho nitro benzene ring substituents is 1. The van der Waals surface area contributed by atoms with Gasteiger partial charge in [0.15, 0.2) is 10.8 Å². The molecule has 0 saturated heterocycles. The fraction of sp³-hybridized carbons (Fsp3) is 0.125. The van der Waals surface area contributed by atoms with Crippen LogP contribution in [0.5, 0.6) is 0 Å². The average Bonchev–Trinajstić information content (AvgIpc) is 3.00. The second-order valence-corrected chi connectivity index (χ2v) is 6.15. The molecule has 8 nitrogen and oxygen atoms in total. The number of hydrogen-bond acceptors (Lipinski definition) is 6. The number of amides is 1. The molecule has 0 unspecified atom stereocenters. The van der Waals surface area contributed by atoms with Crippen LogP contribution in [0.2, 0.25) is 5.02 Å². The smallest absolute Gasteiger partial charge is 0.331 e. The summed E-state index contributed by atoms with van der Waals surface area (Å²) in [5.41, 5.74) is -0.0386. The highest BCUT2D eigenvalue weighted by atomic mass is 79.9. The van der Waals surface area contributed by atoms with E-state index in [1.165, 1.54) is 25.1 Å². The van der Waals surface area contributed by atoms with Crippen LogP contribution in [0.4, 0.5) is 11.4 Å². The minimum Gasteiger partial charge on any atom is -0.450 e. The molecule has 2 aromatic rings. The second-order valence-electron chi connectivity index (χ2n) is 4.96. The van der Waals surface area contributed by atoms with Gasteiger partial charge in [-0.05, 0) is 47.1 Å². The van der Waals surface area contributed by atoms with E-state index < -0.39 is 22.9 Å². The van der Waals surface area contributed by atoms with Gasteiger partial charge >= 0.3 is 5.97 Å². The first-order chi connectivity index (χ1) is 12.3. The van der Waals surface area contributed by atoms with E-state index in [-0.39, 0.29) is 16.4 Å². The van der Waals surface area contributed by atoms with Crippen LogP contribution in [-0.4, -0.2) is 22.9 Å². The molecule has 26 heavy (non-hydrogen) atoms. The number of nitro benzene ring substituents is 1. The third-order valence-corrected chi connectivity index (χ3v) is 3.80. The molecule has 1 aromatic heterocycles. The Morgan fingerprint density at radius 2 is 2.12 bits per heavy atom. The molecule has 1 amide bonds. The van der Waals surface area contributed by atoms with E-state index in [9.17, 15) is 19.7 Å². The Morgan fingerprint density at radius 3 is 2.69 bits per heavy atom. The van der Waals surface area contributed by atoms with Gasteiger partial charge in [0.1, 0.15) is 5.76 Å². The molecule has 0 saturated carbocycles. The fourth-order valence-corrected chi connectivity index (χ4v) is 2.33. The number of nitro groups is 1. The monoisotopic (exact) mass is 442 g/mol. The highest BCUT2D eigenvalue weighted by Crippen LogP contribution is 2.26. The highest BCUT2D eigenvalue weighted by molar-refractivity contribution is 9.10. The predicted octanol–water partition coefficient (Wildman–Crippen LogP) is 4.19. The lowest BCUT2D eigenvalue weighted by Gasteiger charge is -2.13. The Hall–Kier alpha value is -2.65. The molecule has 0 radical (unpaired) electrons. The van der Waals surface area contributed by atoms with Gasteiger partial charge in [0, 0.05) is 18.2 Å². The second kappa shape index (κ2) is 8.63. The maximum absolute atomic E-state index is 12.1. The number of nitrogens with one attached hydrogen (secondary N) is 1. The van der Waals surface area contributed by atoms with E-state index in [2.05, 4.69) is 21.2 Å². The number of benzene rings is 1. The van der Waals surface area contributed by atoms with Crippen LogP contribution in [0.1, 0.15) is 12.7 Å². The van der Waals surface area contributed by atoms with Gasteiger partial charge in [-0.1, -0.05) is 11.6 Å². The first kappa shape index (κ1) is 19.7. The summed E-state index contributed by atoms with van der Waals surface area (Å²) in [6, 6.07) is 6.90. The van der Waals surface area contributed by atoms with Gasteiger partial charge < -0.3 is 14.5 Å². The molecule has 1 N–H and O–H groups in total. The maximum atomic E-state index is 12.1. The van der Waals surface area contributed by atoms with E-state index >= 15 is 0 Å². The van der Waals surface area contributed by atoms with Crippen molar-refractivity contribution in [3.8, 4) is 0 Å². The van der Waals surface area contributed by atoms with Gasteiger partial charge in [-0.15, -0.1) is 0 Å². The molecule has 0 spiro atoms. The lowest BCUT2D eigenvalue weighted by atomic mass is 10.2. The van der Waals surface area contributed by atoms with Crippen LogP contribution in [0.3, 0.4) is 0 Å². The summed E-state index contributed by atoms with van der Waals surface area (Å²) >= 11 is 9.03. The van der Waals surface area contributed by atoms with E-state index in [1.807, 2.05) is 0 Å². The summed E-state index contributed by atoms with van der Waals surface area (Å²) in [6.45, 7) is 1.38. The summed E-state index contributed by atoms with van der Waals surface area (Å²) < 4.78 is 10.7. The average molecular weight is 444 g/mol. The topological polar surface area (TPSA) is 112 Å². The zero-order valence-electron chi connectivity index (χ0n) is 13.3. The van der Waals surface area contributed by atoms with Crippen LogP contribution in [0, 0.1) is 10.1 Å². The number of furan rings is 1. The van der Waals surface area contributed by atoms with Crippen molar-refractivity contribution >= 4 is 56.9 Å². The van der Waals surface area contributed by atoms with Crippen LogP contribution in [-0.2, 0) is 14.3 Å². The van der Waals surface area contributed by atoms with Crippen molar-refractivity contribution in [2.75, 3.05) is 5.32 Å². The van der Waals surface area contributed by atoms with Gasteiger partial charge in [0.05, 0.1) is 15.6 Å². The summed E-state index contributed by atoms with van der Waals surface area (Å²) in [5.74, 6) is -0.943. The zero-order valence-corrected chi connectivity index (χ0v) is 15.6. The predicted molar refractivity (Wildman–Crippen MR) is 97.7 cm³/mol. The number of hydrogen-bond donors (Lipinski definition) is 1. The molecule has 10 heteroatoms. The molecule has 2 rings (SSSR count). The van der Waals surface area contributed by atoms with Crippen molar-refractivity contribution in [2.24, 2.45) is 0 Å². The van der Waals surface area contributed by atoms with Crippen molar-refractivity contribution in [3.05, 3.63) is 62.0 Å². The SMILES string of the molecule is C[C@@H](OC(=O)/C=C/c1ccc(Br)o1)C(=O)Nc1ccc([N+](=O)[O-])cc1Cl. The molecule has 0 aliphatic rings. The fourth-order valence-electron chi connectivity index (χ4n) is 1.79. The Labute approximate surface area is 161 Å². The standard InChI is InChI=1S/C16H12BrClN2O6/c1-9(25-15(21)7-4-11-3-6-14(17)26-11)16(22)19-13-5-2-10(20(23)24)8-12(13)18/h2-9H,1H3,(H,19,22)/b7-4+/t9-/m1/s1. The van der Waals surface area contributed by atoms with Gasteiger partial charge in [-0.2, -0.15) is 0 Å². The molecular formula is C16H12BrClN2O6. The Balaban J connectivity index is 1.93. The number of anilines is 1. The lowest BCUT2D eigenvalue weighted by Crippen LogP contribution is -2.29. The van der Waals surface area contributed by atoms with E-state index in [1.54, 1.807) is 12.1 Å². The van der Waals surface area contributed by atoms with Crippen molar-refractivity contribution < 1.29 is 23.7 Å². The normalized spacial score (nSPS) is 12.0. The van der Waals surface area contributed by atoms with Gasteiger partial charge in [0.25, 0.3) is 11.6 Å². The lowest BCUT2D eigenvalue weighted by molar-refractivity contribution is -0.384. The summed E-state index contributed by atoms with van der Waals surface area (Å²) in [4.78, 5) is 33.9. The third kappa shape index (κ3) is 5.43. The van der Waals surface area contributed by atoms with Crippen LogP contribution in [0.25, 0.3) is 6.08 Å². The number of carbonyl (C=O) groups excluding carboxylic acids is 2. The number of nitrogens with zero attached hydrogens (tertiary/aromatic N) is 1. The number of rotatable bonds is 6. The van der Waals surface area contributed by atoms with Crippen LogP contribution < -0.4 is 5.32 Å².